The van der Waals surface area contributed by atoms with Crippen LogP contribution in [0.25, 0.3) is 0 Å². The molecule has 1 radical (unpaired) electrons. The molecule has 17 heavy (non-hydrogen) atoms. The molecular formula is C14H19O3. The zero-order chi connectivity index (χ0) is 12.5. The van der Waals surface area contributed by atoms with Crippen LogP contribution in [0.15, 0.2) is 24.3 Å². The minimum atomic E-state index is -0.442. The lowest BCUT2D eigenvalue weighted by molar-refractivity contribution is -0.241. The van der Waals surface area contributed by atoms with Gasteiger partial charge in [-0.1, -0.05) is 43.9 Å². The monoisotopic (exact) mass is 235 g/mol. The Hall–Kier alpha value is -1.35. The van der Waals surface area contributed by atoms with Gasteiger partial charge < -0.3 is 0 Å². The third kappa shape index (κ3) is 5.50. The van der Waals surface area contributed by atoms with Crippen molar-refractivity contribution in [2.45, 2.75) is 32.6 Å². The first-order valence-electron chi connectivity index (χ1n) is 5.93. The van der Waals surface area contributed by atoms with Crippen LogP contribution in [-0.4, -0.2) is 12.6 Å². The Balaban J connectivity index is 2.19. The second-order valence-electron chi connectivity index (χ2n) is 3.97. The van der Waals surface area contributed by atoms with Gasteiger partial charge in [-0.25, -0.2) is 4.79 Å². The number of hydrogen-bond donors (Lipinski definition) is 0. The molecule has 1 rings (SSSR count). The molecule has 0 atom stereocenters. The molecule has 0 heterocycles. The fourth-order valence-electron chi connectivity index (χ4n) is 1.35. The first-order chi connectivity index (χ1) is 8.24. The van der Waals surface area contributed by atoms with E-state index in [0.717, 1.165) is 31.2 Å². The van der Waals surface area contributed by atoms with Crippen LogP contribution in [0.1, 0.15) is 41.6 Å². The standard InChI is InChI=1S/C14H19O3/c1-3-4-5-6-11-16-17-14(15)13-9-7-12(2)8-10-13/h7-10H,1,3-6,11H2,2H3. The van der Waals surface area contributed by atoms with E-state index in [4.69, 9.17) is 9.78 Å². The van der Waals surface area contributed by atoms with Gasteiger partial charge in [0.25, 0.3) is 0 Å². The average molecular weight is 235 g/mol. The Labute approximate surface area is 103 Å². The van der Waals surface area contributed by atoms with Crippen molar-refractivity contribution in [3.63, 3.8) is 0 Å². The third-order valence-corrected chi connectivity index (χ3v) is 2.40. The number of hydrogen-bond acceptors (Lipinski definition) is 3. The first kappa shape index (κ1) is 13.7. The van der Waals surface area contributed by atoms with E-state index in [1.165, 1.54) is 0 Å². The molecule has 0 aliphatic rings. The lowest BCUT2D eigenvalue weighted by Gasteiger charge is -2.03. The Kier molecular flexibility index (Phi) is 6.33. The van der Waals surface area contributed by atoms with Gasteiger partial charge in [-0.05, 0) is 25.5 Å². The fourth-order valence-corrected chi connectivity index (χ4v) is 1.35. The molecule has 3 nitrogen and oxygen atoms in total. The summed E-state index contributed by atoms with van der Waals surface area (Å²) in [5.74, 6) is -0.442. The van der Waals surface area contributed by atoms with Gasteiger partial charge in [0.15, 0.2) is 0 Å². The molecule has 0 unspecified atom stereocenters. The summed E-state index contributed by atoms with van der Waals surface area (Å²) in [6.07, 6.45) is 3.95. The van der Waals surface area contributed by atoms with Crippen LogP contribution in [0, 0.1) is 13.8 Å². The van der Waals surface area contributed by atoms with E-state index in [9.17, 15) is 4.79 Å². The molecule has 0 saturated heterocycles. The Morgan fingerprint density at radius 3 is 2.53 bits per heavy atom. The van der Waals surface area contributed by atoms with Gasteiger partial charge in [0.05, 0.1) is 12.2 Å². The van der Waals surface area contributed by atoms with E-state index >= 15 is 0 Å². The van der Waals surface area contributed by atoms with Crippen LogP contribution in [-0.2, 0) is 9.78 Å². The van der Waals surface area contributed by atoms with Crippen molar-refractivity contribution >= 4 is 5.97 Å². The van der Waals surface area contributed by atoms with Gasteiger partial charge in [0.1, 0.15) is 0 Å². The van der Waals surface area contributed by atoms with Crippen molar-refractivity contribution in [2.24, 2.45) is 0 Å². The highest BCUT2D eigenvalue weighted by Gasteiger charge is 2.07. The van der Waals surface area contributed by atoms with Crippen molar-refractivity contribution in [3.8, 4) is 0 Å². The minimum absolute atomic E-state index is 0.442. The van der Waals surface area contributed by atoms with Gasteiger partial charge in [0.2, 0.25) is 0 Å². The molecule has 0 aromatic heterocycles. The van der Waals surface area contributed by atoms with E-state index in [0.29, 0.717) is 12.2 Å². The number of carbonyl (C=O) groups excluding carboxylic acids is 1. The van der Waals surface area contributed by atoms with E-state index in [1.807, 2.05) is 19.1 Å². The lowest BCUT2D eigenvalue weighted by Crippen LogP contribution is -2.06. The largest absolute Gasteiger partial charge is 0.373 e. The van der Waals surface area contributed by atoms with Gasteiger partial charge in [0, 0.05) is 0 Å². The van der Waals surface area contributed by atoms with Crippen LogP contribution in [0.3, 0.4) is 0 Å². The lowest BCUT2D eigenvalue weighted by atomic mass is 10.2. The van der Waals surface area contributed by atoms with E-state index in [1.54, 1.807) is 12.1 Å². The highest BCUT2D eigenvalue weighted by atomic mass is 17.2. The normalized spacial score (nSPS) is 10.2. The van der Waals surface area contributed by atoms with Crippen molar-refractivity contribution < 1.29 is 14.6 Å². The van der Waals surface area contributed by atoms with Crippen LogP contribution in [0.5, 0.6) is 0 Å². The molecule has 0 aliphatic heterocycles. The summed E-state index contributed by atoms with van der Waals surface area (Å²) in [7, 11) is 0. The molecule has 0 bridgehead atoms. The number of rotatable bonds is 7. The van der Waals surface area contributed by atoms with Crippen molar-refractivity contribution in [1.82, 2.24) is 0 Å². The van der Waals surface area contributed by atoms with Crippen molar-refractivity contribution in [2.75, 3.05) is 6.61 Å². The molecule has 1 aromatic carbocycles. The summed E-state index contributed by atoms with van der Waals surface area (Å²) >= 11 is 0. The minimum Gasteiger partial charge on any atom is -0.293 e. The molecule has 0 N–H and O–H groups in total. The van der Waals surface area contributed by atoms with Gasteiger partial charge in [-0.15, -0.1) is 0 Å². The van der Waals surface area contributed by atoms with Crippen molar-refractivity contribution in [1.29, 1.82) is 0 Å². The summed E-state index contributed by atoms with van der Waals surface area (Å²) in [4.78, 5) is 21.0. The predicted octanol–water partition coefficient (Wildman–Crippen LogP) is 3.48. The first-order valence-corrected chi connectivity index (χ1v) is 5.93. The molecule has 0 spiro atoms. The smallest absolute Gasteiger partial charge is 0.293 e. The molecule has 1 aromatic rings. The second kappa shape index (κ2) is 7.85. The van der Waals surface area contributed by atoms with Crippen molar-refractivity contribution in [3.05, 3.63) is 42.3 Å². The van der Waals surface area contributed by atoms with Crippen LogP contribution >= 0.6 is 0 Å². The molecule has 0 saturated carbocycles. The highest BCUT2D eigenvalue weighted by molar-refractivity contribution is 5.88. The zero-order valence-electron chi connectivity index (χ0n) is 10.3. The number of carbonyl (C=O) groups is 1. The maximum absolute atomic E-state index is 11.5. The Morgan fingerprint density at radius 2 is 1.88 bits per heavy atom. The fraction of sp³-hybridized carbons (Fsp3) is 0.429. The molecule has 0 aliphatic carbocycles. The van der Waals surface area contributed by atoms with Gasteiger partial charge in [-0.2, -0.15) is 4.89 Å². The van der Waals surface area contributed by atoms with Gasteiger partial charge >= 0.3 is 5.97 Å². The third-order valence-electron chi connectivity index (χ3n) is 2.40. The molecular weight excluding hydrogens is 216 g/mol. The summed E-state index contributed by atoms with van der Waals surface area (Å²) in [6.45, 7) is 6.16. The van der Waals surface area contributed by atoms with Crippen LogP contribution < -0.4 is 0 Å². The Morgan fingerprint density at radius 1 is 1.18 bits per heavy atom. The second-order valence-corrected chi connectivity index (χ2v) is 3.97. The highest BCUT2D eigenvalue weighted by Crippen LogP contribution is 2.05. The maximum atomic E-state index is 11.5. The maximum Gasteiger partial charge on any atom is 0.373 e. The molecule has 0 fully saturated rings. The van der Waals surface area contributed by atoms with E-state index in [2.05, 4.69) is 6.92 Å². The topological polar surface area (TPSA) is 35.5 Å². The van der Waals surface area contributed by atoms with Gasteiger partial charge in [-0.3, -0.25) is 4.89 Å². The molecule has 93 valence electrons. The molecule has 0 amide bonds. The zero-order valence-corrected chi connectivity index (χ0v) is 10.3. The van der Waals surface area contributed by atoms with E-state index < -0.39 is 5.97 Å². The van der Waals surface area contributed by atoms with Crippen LogP contribution in [0.2, 0.25) is 0 Å². The SMILES string of the molecule is [CH2]CCCCCOOC(=O)c1ccc(C)cc1. The Bertz CT molecular complexity index is 330. The summed E-state index contributed by atoms with van der Waals surface area (Å²) < 4.78 is 0. The number of aryl methyl sites for hydroxylation is 1. The number of benzene rings is 1. The predicted molar refractivity (Wildman–Crippen MR) is 66.4 cm³/mol. The molecule has 3 heteroatoms. The van der Waals surface area contributed by atoms with Crippen LogP contribution in [0.4, 0.5) is 0 Å². The quantitative estimate of drug-likeness (QED) is 0.412. The van der Waals surface area contributed by atoms with E-state index in [-0.39, 0.29) is 0 Å². The summed E-state index contributed by atoms with van der Waals surface area (Å²) in [5.41, 5.74) is 1.61. The average Bonchev–Trinajstić information content (AvgIpc) is 2.34. The summed E-state index contributed by atoms with van der Waals surface area (Å²) in [6, 6.07) is 7.18. The number of unbranched alkanes of at least 4 members (excludes halogenated alkanes) is 3. The summed E-state index contributed by atoms with van der Waals surface area (Å²) in [5, 5.41) is 0.